The Kier molecular flexibility index (Phi) is 5.23. The van der Waals surface area contributed by atoms with Gasteiger partial charge in [-0.25, -0.2) is 0 Å². The topological polar surface area (TPSA) is 85.2 Å². The van der Waals surface area contributed by atoms with Crippen molar-refractivity contribution < 1.29 is 9.90 Å². The van der Waals surface area contributed by atoms with Gasteiger partial charge in [0.15, 0.2) is 0 Å². The average molecular weight is 328 g/mol. The number of aryl methyl sites for hydroxylation is 1. The van der Waals surface area contributed by atoms with Crippen molar-refractivity contribution in [2.45, 2.75) is 6.92 Å². The number of benzene rings is 2. The molecule has 0 saturated heterocycles. The molecule has 3 N–H and O–H groups in total. The zero-order valence-corrected chi connectivity index (χ0v) is 13.1. The summed E-state index contributed by atoms with van der Waals surface area (Å²) in [6.07, 6.45) is 1.22. The molecule has 2 aromatic rings. The molecule has 0 spiro atoms. The Morgan fingerprint density at radius 3 is 2.70 bits per heavy atom. The summed E-state index contributed by atoms with van der Waals surface area (Å²) < 4.78 is 0. The van der Waals surface area contributed by atoms with Crippen LogP contribution in [0.5, 0.6) is 5.75 Å². The zero-order chi connectivity index (χ0) is 16.8. The quantitative estimate of drug-likeness (QED) is 0.453. The Labute approximate surface area is 138 Å². The van der Waals surface area contributed by atoms with Crippen LogP contribution in [0.15, 0.2) is 54.2 Å². The van der Waals surface area contributed by atoms with E-state index in [-0.39, 0.29) is 11.3 Å². The van der Waals surface area contributed by atoms with Gasteiger partial charge in [0.25, 0.3) is 5.91 Å². The summed E-state index contributed by atoms with van der Waals surface area (Å²) in [7, 11) is 0. The van der Waals surface area contributed by atoms with Gasteiger partial charge in [-0.05, 0) is 36.8 Å². The largest absolute Gasteiger partial charge is 0.506 e. The fourth-order valence-electron chi connectivity index (χ4n) is 1.83. The smallest absolute Gasteiger partial charge is 0.267 e. The predicted octanol–water partition coefficient (Wildman–Crippen LogP) is 3.81. The summed E-state index contributed by atoms with van der Waals surface area (Å²) in [5.74, 6) is -0.585. The van der Waals surface area contributed by atoms with Crippen LogP contribution < -0.4 is 10.6 Å². The van der Waals surface area contributed by atoms with Crippen LogP contribution in [-0.2, 0) is 4.79 Å². The van der Waals surface area contributed by atoms with Crippen molar-refractivity contribution in [1.29, 1.82) is 5.26 Å². The van der Waals surface area contributed by atoms with Crippen LogP contribution in [0.2, 0.25) is 5.02 Å². The molecule has 0 radical (unpaired) electrons. The molecule has 116 valence electrons. The highest BCUT2D eigenvalue weighted by atomic mass is 35.5. The molecule has 5 nitrogen and oxygen atoms in total. The number of amides is 1. The van der Waals surface area contributed by atoms with E-state index >= 15 is 0 Å². The van der Waals surface area contributed by atoms with E-state index in [4.69, 9.17) is 16.9 Å². The molecule has 0 heterocycles. The lowest BCUT2D eigenvalue weighted by Gasteiger charge is -2.08. The highest BCUT2D eigenvalue weighted by Crippen LogP contribution is 2.26. The first-order valence-electron chi connectivity index (χ1n) is 6.73. The van der Waals surface area contributed by atoms with Gasteiger partial charge in [-0.2, -0.15) is 5.26 Å². The number of phenols is 1. The van der Waals surface area contributed by atoms with Crippen molar-refractivity contribution in [1.82, 2.24) is 0 Å². The molecular weight excluding hydrogens is 314 g/mol. The number of hydrogen-bond donors (Lipinski definition) is 3. The maximum Gasteiger partial charge on any atom is 0.267 e. The molecule has 2 aromatic carbocycles. The Balaban J connectivity index is 2.16. The van der Waals surface area contributed by atoms with Crippen LogP contribution in [-0.4, -0.2) is 11.0 Å². The molecule has 0 aliphatic rings. The lowest BCUT2D eigenvalue weighted by atomic mass is 10.2. The van der Waals surface area contributed by atoms with Crippen molar-refractivity contribution in [2.75, 3.05) is 10.6 Å². The summed E-state index contributed by atoms with van der Waals surface area (Å²) >= 11 is 5.84. The standard InChI is InChI=1S/C17H14ClN3O2/c1-11-4-2-3-5-14(11)21-17(23)12(9-19)10-20-15-8-13(18)6-7-16(15)22/h2-8,10,20,22H,1H3,(H,21,23)/b12-10-. The number of carbonyl (C=O) groups excluding carboxylic acids is 1. The molecule has 0 bridgehead atoms. The van der Waals surface area contributed by atoms with Gasteiger partial charge in [-0.3, -0.25) is 4.79 Å². The molecule has 2 rings (SSSR count). The third kappa shape index (κ3) is 4.25. The van der Waals surface area contributed by atoms with Crippen molar-refractivity contribution >= 4 is 28.9 Å². The number of rotatable bonds is 4. The Bertz CT molecular complexity index is 810. The Hall–Kier alpha value is -2.97. The van der Waals surface area contributed by atoms with Crippen LogP contribution in [0.4, 0.5) is 11.4 Å². The number of halogens is 1. The molecule has 23 heavy (non-hydrogen) atoms. The summed E-state index contributed by atoms with van der Waals surface area (Å²) in [5.41, 5.74) is 1.68. The number of hydrogen-bond acceptors (Lipinski definition) is 4. The van der Waals surface area contributed by atoms with Crippen LogP contribution in [0, 0.1) is 18.3 Å². The Morgan fingerprint density at radius 2 is 2.00 bits per heavy atom. The van der Waals surface area contributed by atoms with E-state index in [9.17, 15) is 9.90 Å². The Morgan fingerprint density at radius 1 is 1.26 bits per heavy atom. The zero-order valence-electron chi connectivity index (χ0n) is 12.3. The van der Waals surface area contributed by atoms with Crippen LogP contribution >= 0.6 is 11.6 Å². The van der Waals surface area contributed by atoms with Crippen LogP contribution in [0.1, 0.15) is 5.56 Å². The normalized spacial score (nSPS) is 10.7. The van der Waals surface area contributed by atoms with E-state index in [1.807, 2.05) is 25.1 Å². The van der Waals surface area contributed by atoms with Gasteiger partial charge in [0.05, 0.1) is 5.69 Å². The van der Waals surface area contributed by atoms with E-state index < -0.39 is 5.91 Å². The van der Waals surface area contributed by atoms with Gasteiger partial charge in [0.2, 0.25) is 0 Å². The second kappa shape index (κ2) is 7.34. The minimum Gasteiger partial charge on any atom is -0.506 e. The van der Waals surface area contributed by atoms with Crippen LogP contribution in [0.3, 0.4) is 0 Å². The molecule has 6 heteroatoms. The van der Waals surface area contributed by atoms with Gasteiger partial charge in [0, 0.05) is 16.9 Å². The summed E-state index contributed by atoms with van der Waals surface area (Å²) in [6.45, 7) is 1.85. The fourth-order valence-corrected chi connectivity index (χ4v) is 2.00. The monoisotopic (exact) mass is 327 g/mol. The number of aromatic hydroxyl groups is 1. The van der Waals surface area contributed by atoms with Gasteiger partial charge in [0.1, 0.15) is 17.4 Å². The first-order valence-corrected chi connectivity index (χ1v) is 7.11. The predicted molar refractivity (Wildman–Crippen MR) is 90.2 cm³/mol. The SMILES string of the molecule is Cc1ccccc1NC(=O)/C(C#N)=C\Nc1cc(Cl)ccc1O. The lowest BCUT2D eigenvalue weighted by molar-refractivity contribution is -0.112. The number of nitrogens with one attached hydrogen (secondary N) is 2. The third-order valence-corrected chi connectivity index (χ3v) is 3.32. The summed E-state index contributed by atoms with van der Waals surface area (Å²) in [6, 6.07) is 13.5. The summed E-state index contributed by atoms with van der Waals surface area (Å²) in [4.78, 5) is 12.1. The maximum atomic E-state index is 12.1. The van der Waals surface area contributed by atoms with Crippen molar-refractivity contribution in [2.24, 2.45) is 0 Å². The van der Waals surface area contributed by atoms with Crippen LogP contribution in [0.25, 0.3) is 0 Å². The van der Waals surface area contributed by atoms with Crippen molar-refractivity contribution in [3.63, 3.8) is 0 Å². The molecule has 0 saturated carbocycles. The van der Waals surface area contributed by atoms with E-state index in [0.717, 1.165) is 5.56 Å². The number of anilines is 2. The molecule has 0 aromatic heterocycles. The molecule has 0 aliphatic carbocycles. The molecule has 1 amide bonds. The number of phenolic OH excluding ortho intramolecular Hbond substituents is 1. The molecule has 0 atom stereocenters. The van der Waals surface area contributed by atoms with Gasteiger partial charge in [-0.15, -0.1) is 0 Å². The van der Waals surface area contributed by atoms with Crippen molar-refractivity contribution in [3.8, 4) is 11.8 Å². The molecule has 0 fully saturated rings. The minimum absolute atomic E-state index is 0.0396. The molecular formula is C17H14ClN3O2. The first kappa shape index (κ1) is 16.4. The van der Waals surface area contributed by atoms with E-state index in [0.29, 0.717) is 16.4 Å². The van der Waals surface area contributed by atoms with Gasteiger partial charge >= 0.3 is 0 Å². The lowest BCUT2D eigenvalue weighted by Crippen LogP contribution is -2.15. The minimum atomic E-state index is -0.546. The number of nitrogens with zero attached hydrogens (tertiary/aromatic N) is 1. The highest BCUT2D eigenvalue weighted by molar-refractivity contribution is 6.30. The van der Waals surface area contributed by atoms with E-state index in [2.05, 4.69) is 10.6 Å². The highest BCUT2D eigenvalue weighted by Gasteiger charge is 2.11. The van der Waals surface area contributed by atoms with Gasteiger partial charge < -0.3 is 15.7 Å². The average Bonchev–Trinajstić information content (AvgIpc) is 2.53. The molecule has 0 aliphatic heterocycles. The molecule has 0 unspecified atom stereocenters. The van der Waals surface area contributed by atoms with E-state index in [1.165, 1.54) is 24.4 Å². The third-order valence-electron chi connectivity index (χ3n) is 3.09. The fraction of sp³-hybridized carbons (Fsp3) is 0.0588. The number of para-hydroxylation sites is 1. The maximum absolute atomic E-state index is 12.1. The number of carbonyl (C=O) groups is 1. The summed E-state index contributed by atoms with van der Waals surface area (Å²) in [5, 5.41) is 24.6. The van der Waals surface area contributed by atoms with E-state index in [1.54, 1.807) is 12.1 Å². The van der Waals surface area contributed by atoms with Gasteiger partial charge in [-0.1, -0.05) is 29.8 Å². The first-order chi connectivity index (χ1) is 11.0. The second-order valence-electron chi connectivity index (χ2n) is 4.74. The van der Waals surface area contributed by atoms with Crippen molar-refractivity contribution in [3.05, 3.63) is 64.8 Å². The second-order valence-corrected chi connectivity index (χ2v) is 5.18. The number of nitriles is 1.